The first-order valence-electron chi connectivity index (χ1n) is 6.95. The van der Waals surface area contributed by atoms with Gasteiger partial charge in [0.15, 0.2) is 11.5 Å². The third-order valence-electron chi connectivity index (χ3n) is 3.85. The quantitative estimate of drug-likeness (QED) is 0.919. The number of benzene rings is 1. The summed E-state index contributed by atoms with van der Waals surface area (Å²) in [7, 11) is 0. The first-order chi connectivity index (χ1) is 9.16. The molecule has 3 rings (SSSR count). The molecule has 0 atom stereocenters. The maximum atomic E-state index is 5.75. The topological polar surface area (TPSA) is 30.5 Å². The molecule has 1 N–H and O–H groups in total. The van der Waals surface area contributed by atoms with Crippen LogP contribution in [0.25, 0.3) is 0 Å². The molecule has 3 nitrogen and oxygen atoms in total. The molecular formula is C15H20BrNO2. The average molecular weight is 326 g/mol. The van der Waals surface area contributed by atoms with E-state index < -0.39 is 0 Å². The number of halogens is 1. The van der Waals surface area contributed by atoms with E-state index in [0.717, 1.165) is 48.7 Å². The molecule has 0 bridgehead atoms. The van der Waals surface area contributed by atoms with Gasteiger partial charge in [-0.15, -0.1) is 0 Å². The number of hydrogen-bond acceptors (Lipinski definition) is 3. The van der Waals surface area contributed by atoms with Crippen LogP contribution in [0.4, 0.5) is 0 Å². The average Bonchev–Trinajstić information content (AvgIpc) is 3.13. The Hall–Kier alpha value is -0.740. The highest BCUT2D eigenvalue weighted by atomic mass is 79.9. The molecule has 1 heterocycles. The van der Waals surface area contributed by atoms with Crippen LogP contribution in [-0.4, -0.2) is 19.8 Å². The summed E-state index contributed by atoms with van der Waals surface area (Å²) >= 11 is 3.58. The molecule has 1 aromatic rings. The third kappa shape index (κ3) is 3.23. The van der Waals surface area contributed by atoms with E-state index in [1.807, 2.05) is 0 Å². The van der Waals surface area contributed by atoms with E-state index in [0.29, 0.717) is 5.41 Å². The number of fused-ring (bicyclic) bond motifs is 1. The van der Waals surface area contributed by atoms with Crippen LogP contribution >= 0.6 is 15.9 Å². The fourth-order valence-electron chi connectivity index (χ4n) is 2.29. The van der Waals surface area contributed by atoms with Crippen molar-refractivity contribution < 1.29 is 9.47 Å². The lowest BCUT2D eigenvalue weighted by Gasteiger charge is -2.13. The second-order valence-electron chi connectivity index (χ2n) is 5.87. The van der Waals surface area contributed by atoms with Crippen LogP contribution in [0.3, 0.4) is 0 Å². The zero-order valence-corrected chi connectivity index (χ0v) is 12.9. The first-order valence-corrected chi connectivity index (χ1v) is 7.74. The number of rotatable bonds is 4. The van der Waals surface area contributed by atoms with Crippen LogP contribution in [0.5, 0.6) is 11.5 Å². The van der Waals surface area contributed by atoms with Crippen molar-refractivity contribution in [2.24, 2.45) is 5.41 Å². The maximum Gasteiger partial charge on any atom is 0.175 e. The molecule has 0 spiro atoms. The fraction of sp³-hybridized carbons (Fsp3) is 0.600. The second-order valence-corrected chi connectivity index (χ2v) is 6.72. The second kappa shape index (κ2) is 5.33. The largest absolute Gasteiger partial charge is 0.490 e. The van der Waals surface area contributed by atoms with Gasteiger partial charge in [-0.3, -0.25) is 0 Å². The monoisotopic (exact) mass is 325 g/mol. The summed E-state index contributed by atoms with van der Waals surface area (Å²) in [6.45, 7) is 5.77. The van der Waals surface area contributed by atoms with Crippen LogP contribution < -0.4 is 14.8 Å². The van der Waals surface area contributed by atoms with Gasteiger partial charge in [0.2, 0.25) is 0 Å². The number of hydrogen-bond donors (Lipinski definition) is 1. The summed E-state index contributed by atoms with van der Waals surface area (Å²) in [6.07, 6.45) is 3.64. The van der Waals surface area contributed by atoms with Gasteiger partial charge in [0, 0.05) is 19.5 Å². The molecule has 1 aliphatic carbocycles. The Morgan fingerprint density at radius 2 is 2.05 bits per heavy atom. The van der Waals surface area contributed by atoms with E-state index in [-0.39, 0.29) is 0 Å². The van der Waals surface area contributed by atoms with Gasteiger partial charge in [-0.05, 0) is 51.9 Å². The Labute approximate surface area is 122 Å². The van der Waals surface area contributed by atoms with Crippen molar-refractivity contribution in [3.63, 3.8) is 0 Å². The van der Waals surface area contributed by atoms with Gasteiger partial charge in [0.05, 0.1) is 17.7 Å². The Morgan fingerprint density at radius 1 is 1.26 bits per heavy atom. The van der Waals surface area contributed by atoms with Crippen molar-refractivity contribution in [3.05, 3.63) is 22.2 Å². The Morgan fingerprint density at radius 3 is 2.84 bits per heavy atom. The summed E-state index contributed by atoms with van der Waals surface area (Å²) in [5.74, 6) is 1.71. The normalized spacial score (nSPS) is 19.9. The molecule has 0 saturated heterocycles. The van der Waals surface area contributed by atoms with E-state index in [1.165, 1.54) is 18.4 Å². The standard InChI is InChI=1S/C15H20BrNO2/c1-15(3-4-15)10-17-9-11-7-12(16)14-13(8-11)18-5-2-6-19-14/h7-8,17H,2-6,9-10H2,1H3. The smallest absolute Gasteiger partial charge is 0.175 e. The van der Waals surface area contributed by atoms with Gasteiger partial charge in [0.1, 0.15) is 0 Å². The van der Waals surface area contributed by atoms with Crippen LogP contribution in [-0.2, 0) is 6.54 Å². The molecule has 0 unspecified atom stereocenters. The minimum Gasteiger partial charge on any atom is -0.490 e. The molecule has 104 valence electrons. The van der Waals surface area contributed by atoms with Crippen LogP contribution in [0.2, 0.25) is 0 Å². The van der Waals surface area contributed by atoms with Gasteiger partial charge in [-0.25, -0.2) is 0 Å². The molecule has 0 amide bonds. The lowest BCUT2D eigenvalue weighted by atomic mass is 10.1. The van der Waals surface area contributed by atoms with Crippen molar-refractivity contribution in [3.8, 4) is 11.5 Å². The van der Waals surface area contributed by atoms with E-state index in [4.69, 9.17) is 9.47 Å². The van der Waals surface area contributed by atoms with Gasteiger partial charge < -0.3 is 14.8 Å². The van der Waals surface area contributed by atoms with Crippen molar-refractivity contribution in [2.75, 3.05) is 19.8 Å². The summed E-state index contributed by atoms with van der Waals surface area (Å²) in [5.41, 5.74) is 1.78. The highest BCUT2D eigenvalue weighted by Gasteiger charge is 2.36. The van der Waals surface area contributed by atoms with Gasteiger partial charge in [0.25, 0.3) is 0 Å². The van der Waals surface area contributed by atoms with E-state index in [9.17, 15) is 0 Å². The highest BCUT2D eigenvalue weighted by molar-refractivity contribution is 9.10. The highest BCUT2D eigenvalue weighted by Crippen LogP contribution is 2.44. The summed E-state index contributed by atoms with van der Waals surface area (Å²) in [4.78, 5) is 0. The van der Waals surface area contributed by atoms with Crippen LogP contribution in [0, 0.1) is 5.41 Å². The Balaban J connectivity index is 1.68. The minimum atomic E-state index is 0.544. The zero-order valence-electron chi connectivity index (χ0n) is 11.3. The SMILES string of the molecule is CC1(CNCc2cc(Br)c3c(c2)OCCCO3)CC1. The minimum absolute atomic E-state index is 0.544. The number of ether oxygens (including phenoxy) is 2. The van der Waals surface area contributed by atoms with E-state index >= 15 is 0 Å². The Kier molecular flexibility index (Phi) is 3.72. The molecule has 1 aliphatic heterocycles. The van der Waals surface area contributed by atoms with Gasteiger partial charge in [-0.1, -0.05) is 6.92 Å². The summed E-state index contributed by atoms with van der Waals surface area (Å²) in [6, 6.07) is 4.21. The molecular weight excluding hydrogens is 306 g/mol. The van der Waals surface area contributed by atoms with Gasteiger partial charge in [-0.2, -0.15) is 0 Å². The van der Waals surface area contributed by atoms with Crippen LogP contribution in [0.1, 0.15) is 31.7 Å². The molecule has 2 aliphatic rings. The first kappa shape index (κ1) is 13.3. The zero-order chi connectivity index (χ0) is 13.3. The molecule has 19 heavy (non-hydrogen) atoms. The van der Waals surface area contributed by atoms with E-state index in [2.05, 4.69) is 40.3 Å². The molecule has 1 saturated carbocycles. The summed E-state index contributed by atoms with van der Waals surface area (Å²) in [5, 5.41) is 3.54. The summed E-state index contributed by atoms with van der Waals surface area (Å²) < 4.78 is 12.4. The van der Waals surface area contributed by atoms with Crippen molar-refractivity contribution in [2.45, 2.75) is 32.7 Å². The number of nitrogens with one attached hydrogen (secondary N) is 1. The van der Waals surface area contributed by atoms with E-state index in [1.54, 1.807) is 0 Å². The van der Waals surface area contributed by atoms with Crippen molar-refractivity contribution in [1.29, 1.82) is 0 Å². The molecule has 1 aromatic carbocycles. The molecule has 1 fully saturated rings. The predicted molar refractivity (Wildman–Crippen MR) is 78.8 cm³/mol. The lowest BCUT2D eigenvalue weighted by Crippen LogP contribution is -2.21. The molecule has 0 radical (unpaired) electrons. The predicted octanol–water partition coefficient (Wildman–Crippen LogP) is 3.50. The fourth-order valence-corrected chi connectivity index (χ4v) is 2.89. The van der Waals surface area contributed by atoms with Crippen LogP contribution in [0.15, 0.2) is 16.6 Å². The van der Waals surface area contributed by atoms with Crippen molar-refractivity contribution >= 4 is 15.9 Å². The lowest BCUT2D eigenvalue weighted by molar-refractivity contribution is 0.296. The third-order valence-corrected chi connectivity index (χ3v) is 4.44. The van der Waals surface area contributed by atoms with Gasteiger partial charge >= 0.3 is 0 Å². The maximum absolute atomic E-state index is 5.75. The molecule has 4 heteroatoms. The Bertz CT molecular complexity index is 471. The van der Waals surface area contributed by atoms with Crippen molar-refractivity contribution in [1.82, 2.24) is 5.32 Å². The molecule has 0 aromatic heterocycles.